The number of nitrogens with zero attached hydrogens (tertiary/aromatic N) is 5. The molecule has 0 unspecified atom stereocenters. The molecule has 2 aromatic heterocycles. The normalized spacial score (nSPS) is 22.4. The maximum Gasteiger partial charge on any atom is 0.226 e. The van der Waals surface area contributed by atoms with Crippen LogP contribution >= 0.6 is 0 Å². The van der Waals surface area contributed by atoms with Gasteiger partial charge in [0.2, 0.25) is 5.91 Å². The van der Waals surface area contributed by atoms with Crippen molar-refractivity contribution in [2.24, 2.45) is 11.8 Å². The number of amides is 1. The molecule has 1 amide bonds. The van der Waals surface area contributed by atoms with Crippen molar-refractivity contribution in [2.75, 3.05) is 24.5 Å². The number of rotatable bonds is 6. The summed E-state index contributed by atoms with van der Waals surface area (Å²) in [6.07, 6.45) is 8.58. The van der Waals surface area contributed by atoms with Crippen LogP contribution in [0.25, 0.3) is 16.7 Å². The quantitative estimate of drug-likeness (QED) is 0.630. The number of carbonyl (C=O) groups excluding carboxylic acids is 1. The van der Waals surface area contributed by atoms with Gasteiger partial charge in [0, 0.05) is 43.2 Å². The fourth-order valence-corrected chi connectivity index (χ4v) is 5.30. The van der Waals surface area contributed by atoms with E-state index in [9.17, 15) is 10.1 Å². The Bertz CT molecular complexity index is 1200. The third-order valence-electron chi connectivity index (χ3n) is 7.72. The molecule has 6 heteroatoms. The summed E-state index contributed by atoms with van der Waals surface area (Å²) in [5.41, 5.74) is 5.57. The zero-order valence-electron chi connectivity index (χ0n) is 19.8. The lowest BCUT2D eigenvalue weighted by molar-refractivity contribution is -0.135. The molecule has 1 aliphatic heterocycles. The minimum Gasteiger partial charge on any atom is -0.352 e. The van der Waals surface area contributed by atoms with Gasteiger partial charge in [0.05, 0.1) is 23.0 Å². The molecule has 4 fully saturated rings. The highest BCUT2D eigenvalue weighted by Gasteiger charge is 2.45. The van der Waals surface area contributed by atoms with Gasteiger partial charge in [-0.1, -0.05) is 6.58 Å². The van der Waals surface area contributed by atoms with Crippen LogP contribution < -0.4 is 4.90 Å². The van der Waals surface area contributed by atoms with Gasteiger partial charge in [-0.2, -0.15) is 5.26 Å². The Morgan fingerprint density at radius 3 is 2.59 bits per heavy atom. The Kier molecular flexibility index (Phi) is 5.17. The average molecular weight is 454 g/mol. The molecule has 0 bridgehead atoms. The number of hydrogen-bond acceptors (Lipinski definition) is 5. The van der Waals surface area contributed by atoms with Crippen molar-refractivity contribution in [3.8, 4) is 17.2 Å². The van der Waals surface area contributed by atoms with Crippen molar-refractivity contribution >= 4 is 17.3 Å². The van der Waals surface area contributed by atoms with Crippen molar-refractivity contribution < 1.29 is 4.79 Å². The predicted molar refractivity (Wildman–Crippen MR) is 132 cm³/mol. The van der Waals surface area contributed by atoms with Crippen LogP contribution in [0.15, 0.2) is 31.0 Å². The van der Waals surface area contributed by atoms with Crippen LogP contribution in [-0.4, -0.2) is 46.5 Å². The van der Waals surface area contributed by atoms with Crippen LogP contribution in [0.3, 0.4) is 0 Å². The maximum atomic E-state index is 12.9. The monoisotopic (exact) mass is 453 g/mol. The molecule has 3 heterocycles. The van der Waals surface area contributed by atoms with E-state index < -0.39 is 0 Å². The van der Waals surface area contributed by atoms with E-state index in [0.29, 0.717) is 23.3 Å². The van der Waals surface area contributed by atoms with E-state index in [0.717, 1.165) is 79.2 Å². The van der Waals surface area contributed by atoms with Crippen LogP contribution in [0, 0.1) is 23.2 Å². The van der Waals surface area contributed by atoms with E-state index in [-0.39, 0.29) is 12.0 Å². The zero-order chi connectivity index (χ0) is 23.4. The SMILES string of the molecule is C=C(C)c1cc(-c2cc(C#N)c(N3CCN(C(=O)C4CC4)[C@H](C4CC4)C3)nc2C2CC2)ccn1. The van der Waals surface area contributed by atoms with E-state index >= 15 is 0 Å². The summed E-state index contributed by atoms with van der Waals surface area (Å²) < 4.78 is 0. The topological polar surface area (TPSA) is 73.1 Å². The minimum absolute atomic E-state index is 0.248. The molecule has 0 radical (unpaired) electrons. The summed E-state index contributed by atoms with van der Waals surface area (Å²) in [5.74, 6) is 2.44. The van der Waals surface area contributed by atoms with Crippen LogP contribution in [-0.2, 0) is 4.79 Å². The molecule has 3 saturated carbocycles. The molecule has 6 nitrogen and oxygen atoms in total. The number of anilines is 1. The van der Waals surface area contributed by atoms with Crippen LogP contribution in [0.2, 0.25) is 0 Å². The number of piperazine rings is 1. The number of pyridine rings is 2. The maximum absolute atomic E-state index is 12.9. The number of carbonyl (C=O) groups is 1. The van der Waals surface area contributed by atoms with Crippen molar-refractivity contribution in [2.45, 2.75) is 57.4 Å². The van der Waals surface area contributed by atoms with Gasteiger partial charge >= 0.3 is 0 Å². The highest BCUT2D eigenvalue weighted by Crippen LogP contribution is 2.46. The molecular formula is C28H31N5O. The van der Waals surface area contributed by atoms with Crippen molar-refractivity contribution in [3.63, 3.8) is 0 Å². The Morgan fingerprint density at radius 1 is 1.15 bits per heavy atom. The summed E-state index contributed by atoms with van der Waals surface area (Å²) >= 11 is 0. The molecule has 3 aliphatic carbocycles. The highest BCUT2D eigenvalue weighted by molar-refractivity contribution is 5.82. The smallest absolute Gasteiger partial charge is 0.226 e. The molecule has 0 aromatic carbocycles. The van der Waals surface area contributed by atoms with Crippen molar-refractivity contribution in [1.29, 1.82) is 5.26 Å². The Balaban J connectivity index is 1.35. The fraction of sp³-hybridized carbons (Fsp3) is 0.500. The number of nitriles is 1. The lowest BCUT2D eigenvalue weighted by atomic mass is 9.98. The van der Waals surface area contributed by atoms with Crippen LogP contribution in [0.5, 0.6) is 0 Å². The second-order valence-corrected chi connectivity index (χ2v) is 10.5. The molecule has 2 aromatic rings. The zero-order valence-corrected chi connectivity index (χ0v) is 19.8. The second-order valence-electron chi connectivity index (χ2n) is 10.5. The fourth-order valence-electron chi connectivity index (χ4n) is 5.30. The Hall–Kier alpha value is -3.20. The molecule has 0 N–H and O–H groups in total. The first-order chi connectivity index (χ1) is 16.5. The molecule has 0 spiro atoms. The summed E-state index contributed by atoms with van der Waals surface area (Å²) in [5, 5.41) is 10.1. The molecule has 1 saturated heterocycles. The molecule has 4 aliphatic rings. The van der Waals surface area contributed by atoms with Gasteiger partial charge < -0.3 is 9.80 Å². The lowest BCUT2D eigenvalue weighted by Crippen LogP contribution is -2.57. The average Bonchev–Trinajstić information content (AvgIpc) is 3.73. The molecular weight excluding hydrogens is 422 g/mol. The largest absolute Gasteiger partial charge is 0.352 e. The Labute approximate surface area is 201 Å². The van der Waals surface area contributed by atoms with Gasteiger partial charge in [-0.3, -0.25) is 9.78 Å². The number of allylic oxidation sites excluding steroid dienone is 1. The molecule has 174 valence electrons. The lowest BCUT2D eigenvalue weighted by Gasteiger charge is -2.43. The number of hydrogen-bond donors (Lipinski definition) is 0. The third-order valence-corrected chi connectivity index (χ3v) is 7.72. The van der Waals surface area contributed by atoms with E-state index in [1.165, 1.54) is 12.8 Å². The third kappa shape index (κ3) is 3.98. The highest BCUT2D eigenvalue weighted by atomic mass is 16.2. The Morgan fingerprint density at radius 2 is 1.94 bits per heavy atom. The standard InChI is InChI=1S/C28H31N5O/c1-17(2)24-14-21(9-10-30-24)23-13-22(15-29)27(31-26(23)19-5-6-19)32-11-12-33(28(34)20-7-8-20)25(16-32)18-3-4-18/h9-10,13-14,18-20,25H,1,3-8,11-12,16H2,2H3/t25-/m0/s1. The van der Waals surface area contributed by atoms with Gasteiger partial charge in [-0.05, 0) is 80.7 Å². The van der Waals surface area contributed by atoms with E-state index in [1.807, 2.05) is 25.3 Å². The predicted octanol–water partition coefficient (Wildman–Crippen LogP) is 4.76. The van der Waals surface area contributed by atoms with Gasteiger partial charge in [0.15, 0.2) is 0 Å². The van der Waals surface area contributed by atoms with Gasteiger partial charge in [0.25, 0.3) is 0 Å². The van der Waals surface area contributed by atoms with E-state index in [2.05, 4.69) is 33.5 Å². The van der Waals surface area contributed by atoms with Crippen molar-refractivity contribution in [1.82, 2.24) is 14.9 Å². The first-order valence-corrected chi connectivity index (χ1v) is 12.7. The summed E-state index contributed by atoms with van der Waals surface area (Å²) in [6, 6.07) is 8.76. The minimum atomic E-state index is 0.248. The summed E-state index contributed by atoms with van der Waals surface area (Å²) in [6.45, 7) is 8.24. The molecule has 1 atom stereocenters. The van der Waals surface area contributed by atoms with Crippen LogP contribution in [0.1, 0.15) is 68.3 Å². The molecule has 6 rings (SSSR count). The van der Waals surface area contributed by atoms with Crippen molar-refractivity contribution in [3.05, 3.63) is 47.9 Å². The van der Waals surface area contributed by atoms with Crippen LogP contribution in [0.4, 0.5) is 5.82 Å². The number of aromatic nitrogens is 2. The van der Waals surface area contributed by atoms with E-state index in [4.69, 9.17) is 4.98 Å². The van der Waals surface area contributed by atoms with Gasteiger partial charge in [-0.25, -0.2) is 4.98 Å². The summed E-state index contributed by atoms with van der Waals surface area (Å²) in [4.78, 5) is 27.0. The summed E-state index contributed by atoms with van der Waals surface area (Å²) in [7, 11) is 0. The van der Waals surface area contributed by atoms with Gasteiger partial charge in [0.1, 0.15) is 11.9 Å². The first kappa shape index (κ1) is 21.3. The first-order valence-electron chi connectivity index (χ1n) is 12.7. The van der Waals surface area contributed by atoms with E-state index in [1.54, 1.807) is 0 Å². The van der Waals surface area contributed by atoms with Gasteiger partial charge in [-0.15, -0.1) is 0 Å². The molecule has 34 heavy (non-hydrogen) atoms. The second kappa shape index (κ2) is 8.23.